The highest BCUT2D eigenvalue weighted by molar-refractivity contribution is 5.15. The topological polar surface area (TPSA) is 4.93 Å². The fraction of sp³-hybridized carbons (Fsp3) is 0.714. The monoisotopic (exact) mass is 205 g/mol. The summed E-state index contributed by atoms with van der Waals surface area (Å²) in [5.74, 6) is 0.998. The van der Waals surface area contributed by atoms with Crippen LogP contribution in [0.1, 0.15) is 56.5 Å². The van der Waals surface area contributed by atoms with Crippen molar-refractivity contribution in [1.29, 1.82) is 0 Å². The van der Waals surface area contributed by atoms with Crippen molar-refractivity contribution in [2.24, 2.45) is 5.92 Å². The second-order valence-electron chi connectivity index (χ2n) is 5.07. The van der Waals surface area contributed by atoms with Crippen molar-refractivity contribution in [2.75, 3.05) is 0 Å². The first-order chi connectivity index (χ1) is 7.22. The van der Waals surface area contributed by atoms with Gasteiger partial charge in [-0.3, -0.25) is 0 Å². The maximum absolute atomic E-state index is 2.55. The Balaban J connectivity index is 2.07. The normalized spacial score (nSPS) is 26.9. The standard InChI is InChI=1S/C14H23N/c1-4-13-7-9-14(10-8-13)15-11(2)5-6-12(15)3/h5-6,13-14H,4,7-10H2,1-3H3. The van der Waals surface area contributed by atoms with E-state index in [2.05, 4.69) is 37.5 Å². The van der Waals surface area contributed by atoms with Gasteiger partial charge in [0.15, 0.2) is 0 Å². The Morgan fingerprint density at radius 2 is 1.60 bits per heavy atom. The molecule has 0 spiro atoms. The highest BCUT2D eigenvalue weighted by atomic mass is 15.0. The van der Waals surface area contributed by atoms with Crippen LogP contribution in [0, 0.1) is 19.8 Å². The first-order valence-electron chi connectivity index (χ1n) is 6.36. The van der Waals surface area contributed by atoms with Crippen molar-refractivity contribution < 1.29 is 0 Å². The lowest BCUT2D eigenvalue weighted by molar-refractivity contribution is 0.265. The van der Waals surface area contributed by atoms with E-state index in [1.165, 1.54) is 43.5 Å². The first-order valence-corrected chi connectivity index (χ1v) is 6.36. The Morgan fingerprint density at radius 3 is 2.07 bits per heavy atom. The van der Waals surface area contributed by atoms with Gasteiger partial charge in [-0.1, -0.05) is 13.3 Å². The van der Waals surface area contributed by atoms with Crippen molar-refractivity contribution >= 4 is 0 Å². The van der Waals surface area contributed by atoms with Gasteiger partial charge in [-0.25, -0.2) is 0 Å². The molecular weight excluding hydrogens is 182 g/mol. The summed E-state index contributed by atoms with van der Waals surface area (Å²) < 4.78 is 2.55. The van der Waals surface area contributed by atoms with E-state index in [1.54, 1.807) is 0 Å². The van der Waals surface area contributed by atoms with Crippen LogP contribution in [-0.4, -0.2) is 4.57 Å². The predicted molar refractivity (Wildman–Crippen MR) is 65.2 cm³/mol. The van der Waals surface area contributed by atoms with Gasteiger partial charge in [-0.05, 0) is 57.6 Å². The molecule has 0 radical (unpaired) electrons. The molecule has 0 unspecified atom stereocenters. The van der Waals surface area contributed by atoms with Gasteiger partial charge in [-0.2, -0.15) is 0 Å². The zero-order chi connectivity index (χ0) is 10.8. The Kier molecular flexibility index (Phi) is 3.18. The van der Waals surface area contributed by atoms with Crippen molar-refractivity contribution in [3.05, 3.63) is 23.5 Å². The van der Waals surface area contributed by atoms with E-state index in [0.717, 1.165) is 12.0 Å². The van der Waals surface area contributed by atoms with E-state index in [-0.39, 0.29) is 0 Å². The zero-order valence-electron chi connectivity index (χ0n) is 10.3. The molecule has 1 heterocycles. The van der Waals surface area contributed by atoms with E-state index in [9.17, 15) is 0 Å². The molecule has 0 N–H and O–H groups in total. The van der Waals surface area contributed by atoms with Crippen LogP contribution in [0.3, 0.4) is 0 Å². The number of nitrogens with zero attached hydrogens (tertiary/aromatic N) is 1. The van der Waals surface area contributed by atoms with Gasteiger partial charge in [0.25, 0.3) is 0 Å². The number of rotatable bonds is 2. The maximum Gasteiger partial charge on any atom is 0.0335 e. The van der Waals surface area contributed by atoms with Crippen LogP contribution < -0.4 is 0 Å². The molecule has 0 amide bonds. The summed E-state index contributed by atoms with van der Waals surface area (Å²) in [7, 11) is 0. The summed E-state index contributed by atoms with van der Waals surface area (Å²) >= 11 is 0. The number of hydrogen-bond acceptors (Lipinski definition) is 0. The van der Waals surface area contributed by atoms with Crippen LogP contribution >= 0.6 is 0 Å². The minimum atomic E-state index is 0.780. The number of aromatic nitrogens is 1. The van der Waals surface area contributed by atoms with Crippen molar-refractivity contribution in [3.8, 4) is 0 Å². The maximum atomic E-state index is 2.55. The SMILES string of the molecule is CCC1CCC(n2c(C)ccc2C)CC1. The molecule has 2 rings (SSSR count). The quantitative estimate of drug-likeness (QED) is 0.680. The Bertz CT molecular complexity index is 297. The predicted octanol–water partition coefficient (Wildman–Crippen LogP) is 4.25. The molecular formula is C14H23N. The third-order valence-electron chi connectivity index (χ3n) is 4.08. The molecule has 1 heteroatoms. The molecule has 1 aliphatic rings. The molecule has 0 aliphatic heterocycles. The summed E-state index contributed by atoms with van der Waals surface area (Å²) in [6.45, 7) is 6.80. The number of aryl methyl sites for hydroxylation is 2. The van der Waals surface area contributed by atoms with Crippen LogP contribution in [0.2, 0.25) is 0 Å². The van der Waals surface area contributed by atoms with Crippen molar-refractivity contribution in [2.45, 2.75) is 58.9 Å². The first kappa shape index (κ1) is 10.8. The van der Waals surface area contributed by atoms with Crippen LogP contribution in [0.4, 0.5) is 0 Å². The second-order valence-corrected chi connectivity index (χ2v) is 5.07. The fourth-order valence-corrected chi connectivity index (χ4v) is 3.07. The lowest BCUT2D eigenvalue weighted by atomic mass is 9.84. The van der Waals surface area contributed by atoms with E-state index >= 15 is 0 Å². The van der Waals surface area contributed by atoms with Crippen LogP contribution in [0.25, 0.3) is 0 Å². The molecule has 1 saturated carbocycles. The van der Waals surface area contributed by atoms with Gasteiger partial charge in [0, 0.05) is 17.4 Å². The molecule has 1 fully saturated rings. The van der Waals surface area contributed by atoms with Gasteiger partial charge in [0.2, 0.25) is 0 Å². The average molecular weight is 205 g/mol. The molecule has 0 bridgehead atoms. The summed E-state index contributed by atoms with van der Waals surface area (Å²) in [4.78, 5) is 0. The molecule has 0 aromatic carbocycles. The zero-order valence-corrected chi connectivity index (χ0v) is 10.3. The van der Waals surface area contributed by atoms with Crippen molar-refractivity contribution in [3.63, 3.8) is 0 Å². The lowest BCUT2D eigenvalue weighted by Gasteiger charge is -2.30. The Hall–Kier alpha value is -0.720. The van der Waals surface area contributed by atoms with Gasteiger partial charge in [-0.15, -0.1) is 0 Å². The molecule has 1 aliphatic carbocycles. The molecule has 84 valence electrons. The summed E-state index contributed by atoms with van der Waals surface area (Å²) in [6.07, 6.45) is 7.00. The average Bonchev–Trinajstić information content (AvgIpc) is 2.59. The van der Waals surface area contributed by atoms with Gasteiger partial charge < -0.3 is 4.57 Å². The third kappa shape index (κ3) is 2.11. The van der Waals surface area contributed by atoms with Crippen LogP contribution in [-0.2, 0) is 0 Å². The Morgan fingerprint density at radius 1 is 1.07 bits per heavy atom. The van der Waals surface area contributed by atoms with E-state index in [1.807, 2.05) is 0 Å². The molecule has 1 nitrogen and oxygen atoms in total. The van der Waals surface area contributed by atoms with Crippen LogP contribution in [0.15, 0.2) is 12.1 Å². The largest absolute Gasteiger partial charge is 0.346 e. The van der Waals surface area contributed by atoms with E-state index in [4.69, 9.17) is 0 Å². The minimum absolute atomic E-state index is 0.780. The second kappa shape index (κ2) is 4.42. The van der Waals surface area contributed by atoms with Crippen molar-refractivity contribution in [1.82, 2.24) is 4.57 Å². The number of hydrogen-bond donors (Lipinski definition) is 0. The smallest absolute Gasteiger partial charge is 0.0335 e. The third-order valence-corrected chi connectivity index (χ3v) is 4.08. The van der Waals surface area contributed by atoms with Crippen LogP contribution in [0.5, 0.6) is 0 Å². The van der Waals surface area contributed by atoms with Gasteiger partial charge in [0.1, 0.15) is 0 Å². The molecule has 0 saturated heterocycles. The summed E-state index contributed by atoms with van der Waals surface area (Å²) in [6, 6.07) is 5.28. The lowest BCUT2D eigenvalue weighted by Crippen LogP contribution is -2.19. The summed E-state index contributed by atoms with van der Waals surface area (Å²) in [5, 5.41) is 0. The highest BCUT2D eigenvalue weighted by Gasteiger charge is 2.22. The Labute approximate surface area is 93.5 Å². The van der Waals surface area contributed by atoms with E-state index < -0.39 is 0 Å². The van der Waals surface area contributed by atoms with Gasteiger partial charge >= 0.3 is 0 Å². The van der Waals surface area contributed by atoms with Gasteiger partial charge in [0.05, 0.1) is 0 Å². The highest BCUT2D eigenvalue weighted by Crippen LogP contribution is 2.35. The molecule has 1 aromatic rings. The minimum Gasteiger partial charge on any atom is -0.346 e. The fourth-order valence-electron chi connectivity index (χ4n) is 3.07. The molecule has 15 heavy (non-hydrogen) atoms. The molecule has 1 aromatic heterocycles. The molecule has 0 atom stereocenters. The summed E-state index contributed by atoms with van der Waals surface area (Å²) in [5.41, 5.74) is 2.87. The van der Waals surface area contributed by atoms with E-state index in [0.29, 0.717) is 0 Å².